The Balaban J connectivity index is 2.47. The van der Waals surface area contributed by atoms with Gasteiger partial charge in [-0.15, -0.1) is 0 Å². The van der Waals surface area contributed by atoms with E-state index in [-0.39, 0.29) is 0 Å². The SMILES string of the molecule is CCCc1nsc(NCC(C(C)C)C(C)C)n1. The number of hydrogen-bond donors (Lipinski definition) is 1. The van der Waals surface area contributed by atoms with Gasteiger partial charge in [-0.2, -0.15) is 4.37 Å². The molecule has 98 valence electrons. The summed E-state index contributed by atoms with van der Waals surface area (Å²) in [7, 11) is 0. The van der Waals surface area contributed by atoms with Crippen LogP contribution in [-0.4, -0.2) is 15.9 Å². The van der Waals surface area contributed by atoms with E-state index in [1.54, 1.807) is 0 Å². The molecule has 0 saturated carbocycles. The zero-order chi connectivity index (χ0) is 12.8. The first-order valence-corrected chi connectivity index (χ1v) is 7.38. The summed E-state index contributed by atoms with van der Waals surface area (Å²) in [5.74, 6) is 3.07. The van der Waals surface area contributed by atoms with Crippen LogP contribution in [0, 0.1) is 17.8 Å². The predicted octanol–water partition coefficient (Wildman–Crippen LogP) is 3.83. The largest absolute Gasteiger partial charge is 0.360 e. The molecule has 0 spiro atoms. The van der Waals surface area contributed by atoms with E-state index in [4.69, 9.17) is 0 Å². The van der Waals surface area contributed by atoms with Gasteiger partial charge >= 0.3 is 0 Å². The van der Waals surface area contributed by atoms with Crippen LogP contribution in [0.1, 0.15) is 46.9 Å². The van der Waals surface area contributed by atoms with Crippen LogP contribution in [-0.2, 0) is 6.42 Å². The zero-order valence-corrected chi connectivity index (χ0v) is 12.5. The Bertz CT molecular complexity index is 312. The van der Waals surface area contributed by atoms with Crippen molar-refractivity contribution in [1.82, 2.24) is 9.36 Å². The van der Waals surface area contributed by atoms with Crippen molar-refractivity contribution in [2.45, 2.75) is 47.5 Å². The van der Waals surface area contributed by atoms with Crippen LogP contribution < -0.4 is 5.32 Å². The number of aryl methyl sites for hydroxylation is 1. The first-order chi connectivity index (χ1) is 8.04. The highest BCUT2D eigenvalue weighted by atomic mass is 32.1. The van der Waals surface area contributed by atoms with Crippen LogP contribution in [0.3, 0.4) is 0 Å². The highest BCUT2D eigenvalue weighted by molar-refractivity contribution is 7.09. The fourth-order valence-electron chi connectivity index (χ4n) is 2.10. The molecule has 0 atom stereocenters. The molecule has 3 nitrogen and oxygen atoms in total. The quantitative estimate of drug-likeness (QED) is 0.804. The van der Waals surface area contributed by atoms with Crippen LogP contribution in [0.5, 0.6) is 0 Å². The summed E-state index contributed by atoms with van der Waals surface area (Å²) in [5.41, 5.74) is 0. The van der Waals surface area contributed by atoms with Crippen molar-refractivity contribution in [2.24, 2.45) is 17.8 Å². The number of anilines is 1. The minimum atomic E-state index is 0.688. The monoisotopic (exact) mass is 255 g/mol. The fraction of sp³-hybridized carbons (Fsp3) is 0.846. The molecule has 1 rings (SSSR count). The fourth-order valence-corrected chi connectivity index (χ4v) is 2.72. The third-order valence-corrected chi connectivity index (χ3v) is 3.85. The van der Waals surface area contributed by atoms with Crippen LogP contribution >= 0.6 is 11.5 Å². The molecule has 0 fully saturated rings. The molecule has 1 heterocycles. The Labute approximate surface area is 109 Å². The van der Waals surface area contributed by atoms with E-state index in [0.29, 0.717) is 17.8 Å². The van der Waals surface area contributed by atoms with E-state index < -0.39 is 0 Å². The third-order valence-electron chi connectivity index (χ3n) is 3.14. The normalized spacial score (nSPS) is 11.8. The third kappa shape index (κ3) is 4.62. The van der Waals surface area contributed by atoms with Crippen molar-refractivity contribution >= 4 is 16.7 Å². The summed E-state index contributed by atoms with van der Waals surface area (Å²) in [5, 5.41) is 4.40. The second-order valence-electron chi connectivity index (χ2n) is 5.30. The Morgan fingerprint density at radius 3 is 2.35 bits per heavy atom. The Morgan fingerprint density at radius 1 is 1.18 bits per heavy atom. The highest BCUT2D eigenvalue weighted by Gasteiger charge is 2.17. The maximum absolute atomic E-state index is 4.49. The average molecular weight is 255 g/mol. The molecule has 17 heavy (non-hydrogen) atoms. The molecule has 4 heteroatoms. The molecule has 0 radical (unpaired) electrons. The summed E-state index contributed by atoms with van der Waals surface area (Å²) in [6.45, 7) is 12.3. The first kappa shape index (κ1) is 14.4. The maximum Gasteiger partial charge on any atom is 0.202 e. The molecule has 0 aromatic carbocycles. The van der Waals surface area contributed by atoms with E-state index in [9.17, 15) is 0 Å². The van der Waals surface area contributed by atoms with Gasteiger partial charge in [0.15, 0.2) is 0 Å². The molecule has 0 aliphatic carbocycles. The lowest BCUT2D eigenvalue weighted by atomic mass is 9.86. The van der Waals surface area contributed by atoms with E-state index in [0.717, 1.165) is 30.3 Å². The van der Waals surface area contributed by atoms with Gasteiger partial charge in [0.2, 0.25) is 5.13 Å². The summed E-state index contributed by atoms with van der Waals surface area (Å²) in [4.78, 5) is 4.49. The van der Waals surface area contributed by atoms with Crippen LogP contribution in [0.2, 0.25) is 0 Å². The molecule has 1 N–H and O–H groups in total. The van der Waals surface area contributed by atoms with Gasteiger partial charge < -0.3 is 5.32 Å². The summed E-state index contributed by atoms with van der Waals surface area (Å²) >= 11 is 1.48. The second kappa shape index (κ2) is 6.94. The molecule has 0 aliphatic heterocycles. The van der Waals surface area contributed by atoms with Crippen molar-refractivity contribution in [3.8, 4) is 0 Å². The van der Waals surface area contributed by atoms with Gasteiger partial charge in [-0.05, 0) is 24.2 Å². The standard InChI is InChI=1S/C13H25N3S/c1-6-7-12-15-13(17-16-12)14-8-11(9(2)3)10(4)5/h9-11H,6-8H2,1-5H3,(H,14,15,16). The van der Waals surface area contributed by atoms with Crippen molar-refractivity contribution < 1.29 is 0 Å². The lowest BCUT2D eigenvalue weighted by molar-refractivity contribution is 0.304. The van der Waals surface area contributed by atoms with Crippen molar-refractivity contribution in [3.63, 3.8) is 0 Å². The van der Waals surface area contributed by atoms with Crippen LogP contribution in [0.4, 0.5) is 5.13 Å². The molecule has 1 aromatic heterocycles. The van der Waals surface area contributed by atoms with Gasteiger partial charge in [0.25, 0.3) is 0 Å². The van der Waals surface area contributed by atoms with Crippen LogP contribution in [0.15, 0.2) is 0 Å². The average Bonchev–Trinajstić information content (AvgIpc) is 2.65. The molecule has 0 unspecified atom stereocenters. The molecule has 1 aromatic rings. The van der Waals surface area contributed by atoms with E-state index in [1.807, 2.05) is 0 Å². The Morgan fingerprint density at radius 2 is 1.82 bits per heavy atom. The predicted molar refractivity (Wildman–Crippen MR) is 75.6 cm³/mol. The summed E-state index contributed by atoms with van der Waals surface area (Å²) in [6, 6.07) is 0. The lowest BCUT2D eigenvalue weighted by Gasteiger charge is -2.24. The number of aromatic nitrogens is 2. The Kier molecular flexibility index (Phi) is 5.89. The van der Waals surface area contributed by atoms with E-state index >= 15 is 0 Å². The molecule has 0 bridgehead atoms. The summed E-state index contributed by atoms with van der Waals surface area (Å²) < 4.78 is 4.34. The summed E-state index contributed by atoms with van der Waals surface area (Å²) in [6.07, 6.45) is 2.09. The highest BCUT2D eigenvalue weighted by Crippen LogP contribution is 2.22. The van der Waals surface area contributed by atoms with Gasteiger partial charge in [-0.1, -0.05) is 34.6 Å². The van der Waals surface area contributed by atoms with Crippen molar-refractivity contribution in [3.05, 3.63) is 5.82 Å². The number of hydrogen-bond acceptors (Lipinski definition) is 4. The molecular formula is C13H25N3S. The van der Waals surface area contributed by atoms with Crippen molar-refractivity contribution in [2.75, 3.05) is 11.9 Å². The smallest absolute Gasteiger partial charge is 0.202 e. The molecule has 0 aliphatic rings. The molecular weight excluding hydrogens is 230 g/mol. The van der Waals surface area contributed by atoms with E-state index in [1.165, 1.54) is 11.5 Å². The van der Waals surface area contributed by atoms with Gasteiger partial charge in [0.05, 0.1) is 0 Å². The number of nitrogens with one attached hydrogen (secondary N) is 1. The number of rotatable bonds is 7. The minimum absolute atomic E-state index is 0.688. The van der Waals surface area contributed by atoms with Crippen molar-refractivity contribution in [1.29, 1.82) is 0 Å². The second-order valence-corrected chi connectivity index (χ2v) is 6.05. The van der Waals surface area contributed by atoms with E-state index in [2.05, 4.69) is 49.3 Å². The Hall–Kier alpha value is -0.640. The van der Waals surface area contributed by atoms with Gasteiger partial charge in [-0.3, -0.25) is 0 Å². The number of nitrogens with zero attached hydrogens (tertiary/aromatic N) is 2. The zero-order valence-electron chi connectivity index (χ0n) is 11.7. The van der Waals surface area contributed by atoms with Gasteiger partial charge in [0, 0.05) is 24.5 Å². The topological polar surface area (TPSA) is 37.8 Å². The van der Waals surface area contributed by atoms with Gasteiger partial charge in [0.1, 0.15) is 5.82 Å². The van der Waals surface area contributed by atoms with Crippen LogP contribution in [0.25, 0.3) is 0 Å². The van der Waals surface area contributed by atoms with Gasteiger partial charge in [-0.25, -0.2) is 4.98 Å². The molecule has 0 saturated heterocycles. The molecule has 0 amide bonds. The minimum Gasteiger partial charge on any atom is -0.360 e. The first-order valence-electron chi connectivity index (χ1n) is 6.61. The lowest BCUT2D eigenvalue weighted by Crippen LogP contribution is -2.24. The maximum atomic E-state index is 4.49.